The van der Waals surface area contributed by atoms with Crippen LogP contribution < -0.4 is 5.73 Å². The van der Waals surface area contributed by atoms with Gasteiger partial charge in [0, 0.05) is 21.2 Å². The van der Waals surface area contributed by atoms with Crippen molar-refractivity contribution < 1.29 is 4.39 Å². The number of nitrogen functional groups attached to an aromatic ring is 1. The SMILES string of the molecule is Cc1cc(Sc2ccccc2F)c(C(=N)N)c(C)n1. The van der Waals surface area contributed by atoms with E-state index in [9.17, 15) is 4.39 Å². The zero-order valence-corrected chi connectivity index (χ0v) is 11.5. The summed E-state index contributed by atoms with van der Waals surface area (Å²) in [6, 6.07) is 8.36. The predicted octanol–water partition coefficient (Wildman–Crippen LogP) is 3.27. The summed E-state index contributed by atoms with van der Waals surface area (Å²) in [7, 11) is 0. The first kappa shape index (κ1) is 13.5. The third kappa shape index (κ3) is 2.93. The molecule has 0 atom stereocenters. The maximum Gasteiger partial charge on any atom is 0.137 e. The first-order chi connectivity index (χ1) is 8.99. The molecule has 1 aromatic carbocycles. The van der Waals surface area contributed by atoms with Gasteiger partial charge in [-0.05, 0) is 32.0 Å². The summed E-state index contributed by atoms with van der Waals surface area (Å²) in [5.41, 5.74) is 7.67. The van der Waals surface area contributed by atoms with E-state index in [4.69, 9.17) is 11.1 Å². The zero-order chi connectivity index (χ0) is 14.0. The summed E-state index contributed by atoms with van der Waals surface area (Å²) < 4.78 is 13.7. The summed E-state index contributed by atoms with van der Waals surface area (Å²) in [4.78, 5) is 5.55. The number of aryl methyl sites for hydroxylation is 2. The second-order valence-corrected chi connectivity index (χ2v) is 5.25. The molecular weight excluding hydrogens is 261 g/mol. The minimum atomic E-state index is -0.283. The molecule has 0 amide bonds. The Morgan fingerprint density at radius 1 is 1.26 bits per heavy atom. The molecule has 3 nitrogen and oxygen atoms in total. The van der Waals surface area contributed by atoms with Gasteiger partial charge in [0.1, 0.15) is 11.7 Å². The molecule has 19 heavy (non-hydrogen) atoms. The molecule has 0 fully saturated rings. The molecule has 0 radical (unpaired) electrons. The minimum absolute atomic E-state index is 0.0520. The highest BCUT2D eigenvalue weighted by atomic mass is 32.2. The number of pyridine rings is 1. The summed E-state index contributed by atoms with van der Waals surface area (Å²) >= 11 is 1.26. The molecule has 0 aliphatic carbocycles. The topological polar surface area (TPSA) is 62.8 Å². The lowest BCUT2D eigenvalue weighted by atomic mass is 10.1. The molecule has 0 saturated heterocycles. The zero-order valence-electron chi connectivity index (χ0n) is 10.7. The van der Waals surface area contributed by atoms with Crippen LogP contribution in [0.2, 0.25) is 0 Å². The largest absolute Gasteiger partial charge is 0.384 e. The van der Waals surface area contributed by atoms with Crippen LogP contribution in [0.3, 0.4) is 0 Å². The third-order valence-electron chi connectivity index (χ3n) is 2.62. The summed E-state index contributed by atoms with van der Waals surface area (Å²) in [6.45, 7) is 3.66. The van der Waals surface area contributed by atoms with Crippen molar-refractivity contribution in [3.63, 3.8) is 0 Å². The minimum Gasteiger partial charge on any atom is -0.384 e. The molecule has 5 heteroatoms. The van der Waals surface area contributed by atoms with Crippen molar-refractivity contribution in [3.05, 3.63) is 53.1 Å². The molecule has 3 N–H and O–H groups in total. The molecular formula is C14H14FN3S. The fourth-order valence-corrected chi connectivity index (χ4v) is 2.99. The van der Waals surface area contributed by atoms with E-state index in [0.29, 0.717) is 16.2 Å². The highest BCUT2D eigenvalue weighted by Gasteiger charge is 2.14. The molecule has 0 aliphatic rings. The lowest BCUT2D eigenvalue weighted by Crippen LogP contribution is -2.15. The van der Waals surface area contributed by atoms with E-state index >= 15 is 0 Å². The van der Waals surface area contributed by atoms with Gasteiger partial charge in [-0.1, -0.05) is 23.9 Å². The first-order valence-corrected chi connectivity index (χ1v) is 6.55. The Hall–Kier alpha value is -1.88. The summed E-state index contributed by atoms with van der Waals surface area (Å²) in [6.07, 6.45) is 0. The number of nitrogens with one attached hydrogen (secondary N) is 1. The van der Waals surface area contributed by atoms with Gasteiger partial charge < -0.3 is 5.73 Å². The Morgan fingerprint density at radius 3 is 2.58 bits per heavy atom. The summed E-state index contributed by atoms with van der Waals surface area (Å²) in [5, 5.41) is 7.64. The highest BCUT2D eigenvalue weighted by molar-refractivity contribution is 7.99. The number of hydrogen-bond donors (Lipinski definition) is 2. The number of nitrogens with zero attached hydrogens (tertiary/aromatic N) is 1. The Balaban J connectivity index is 2.51. The van der Waals surface area contributed by atoms with Gasteiger partial charge in [-0.2, -0.15) is 0 Å². The lowest BCUT2D eigenvalue weighted by molar-refractivity contribution is 0.602. The van der Waals surface area contributed by atoms with Crippen molar-refractivity contribution >= 4 is 17.6 Å². The van der Waals surface area contributed by atoms with Gasteiger partial charge in [0.25, 0.3) is 0 Å². The van der Waals surface area contributed by atoms with Crippen LogP contribution in [0.25, 0.3) is 0 Å². The quantitative estimate of drug-likeness (QED) is 0.667. The molecule has 0 unspecified atom stereocenters. The van der Waals surface area contributed by atoms with Crippen LogP contribution >= 0.6 is 11.8 Å². The second-order valence-electron chi connectivity index (χ2n) is 4.17. The van der Waals surface area contributed by atoms with Crippen molar-refractivity contribution in [1.82, 2.24) is 4.98 Å². The molecule has 1 aromatic heterocycles. The average molecular weight is 275 g/mol. The monoisotopic (exact) mass is 275 g/mol. The van der Waals surface area contributed by atoms with Crippen LogP contribution in [0.1, 0.15) is 17.0 Å². The number of aromatic nitrogens is 1. The van der Waals surface area contributed by atoms with E-state index in [1.165, 1.54) is 17.8 Å². The molecule has 0 aliphatic heterocycles. The van der Waals surface area contributed by atoms with Crippen LogP contribution in [-0.2, 0) is 0 Å². The summed E-state index contributed by atoms with van der Waals surface area (Å²) in [5.74, 6) is -0.335. The third-order valence-corrected chi connectivity index (χ3v) is 3.71. The van der Waals surface area contributed by atoms with E-state index in [2.05, 4.69) is 4.98 Å². The maximum absolute atomic E-state index is 13.7. The van der Waals surface area contributed by atoms with Gasteiger partial charge in [-0.3, -0.25) is 10.4 Å². The number of amidine groups is 1. The van der Waals surface area contributed by atoms with E-state index < -0.39 is 0 Å². The Morgan fingerprint density at radius 2 is 1.95 bits per heavy atom. The van der Waals surface area contributed by atoms with Crippen molar-refractivity contribution in [1.29, 1.82) is 5.41 Å². The van der Waals surface area contributed by atoms with Gasteiger partial charge in [0.2, 0.25) is 0 Å². The van der Waals surface area contributed by atoms with Crippen LogP contribution in [0.4, 0.5) is 4.39 Å². The molecule has 1 heterocycles. The second kappa shape index (κ2) is 5.40. The molecule has 0 saturated carbocycles. The predicted molar refractivity (Wildman–Crippen MR) is 75.3 cm³/mol. The van der Waals surface area contributed by atoms with Crippen LogP contribution in [0.5, 0.6) is 0 Å². The number of benzene rings is 1. The molecule has 0 bridgehead atoms. The van der Waals surface area contributed by atoms with Crippen molar-refractivity contribution in [2.75, 3.05) is 0 Å². The van der Waals surface area contributed by atoms with Crippen molar-refractivity contribution in [3.8, 4) is 0 Å². The first-order valence-electron chi connectivity index (χ1n) is 5.74. The van der Waals surface area contributed by atoms with Gasteiger partial charge in [0.05, 0.1) is 5.56 Å². The normalized spacial score (nSPS) is 10.5. The van der Waals surface area contributed by atoms with Gasteiger partial charge in [-0.25, -0.2) is 4.39 Å². The van der Waals surface area contributed by atoms with Gasteiger partial charge >= 0.3 is 0 Å². The number of nitrogens with two attached hydrogens (primary N) is 1. The Bertz CT molecular complexity index is 641. The Labute approximate surface area is 115 Å². The van der Waals surface area contributed by atoms with Crippen LogP contribution in [0, 0.1) is 25.1 Å². The Kier molecular flexibility index (Phi) is 3.85. The standard InChI is InChI=1S/C14H14FN3S/c1-8-7-12(13(14(16)17)9(2)18-8)19-11-6-4-3-5-10(11)15/h3-7H,1-2H3,(H3,16,17). The van der Waals surface area contributed by atoms with E-state index in [-0.39, 0.29) is 11.7 Å². The number of halogens is 1. The molecule has 0 spiro atoms. The number of hydrogen-bond acceptors (Lipinski definition) is 3. The molecule has 2 aromatic rings. The van der Waals surface area contributed by atoms with Crippen molar-refractivity contribution in [2.45, 2.75) is 23.6 Å². The smallest absolute Gasteiger partial charge is 0.137 e. The number of rotatable bonds is 3. The molecule has 98 valence electrons. The fourth-order valence-electron chi connectivity index (χ4n) is 1.85. The van der Waals surface area contributed by atoms with E-state index in [0.717, 1.165) is 10.6 Å². The van der Waals surface area contributed by atoms with Crippen LogP contribution in [-0.4, -0.2) is 10.8 Å². The van der Waals surface area contributed by atoms with Crippen LogP contribution in [0.15, 0.2) is 40.1 Å². The van der Waals surface area contributed by atoms with E-state index in [1.54, 1.807) is 25.1 Å². The van der Waals surface area contributed by atoms with Gasteiger partial charge in [-0.15, -0.1) is 0 Å². The molecule has 2 rings (SSSR count). The van der Waals surface area contributed by atoms with E-state index in [1.807, 2.05) is 13.0 Å². The fraction of sp³-hybridized carbons (Fsp3) is 0.143. The van der Waals surface area contributed by atoms with Gasteiger partial charge in [0.15, 0.2) is 0 Å². The lowest BCUT2D eigenvalue weighted by Gasteiger charge is -2.12. The average Bonchev–Trinajstić information content (AvgIpc) is 2.30. The van der Waals surface area contributed by atoms with Crippen molar-refractivity contribution in [2.24, 2.45) is 5.73 Å². The maximum atomic E-state index is 13.7. The highest BCUT2D eigenvalue weighted by Crippen LogP contribution is 2.33.